The molecule has 1 fully saturated rings. The summed E-state index contributed by atoms with van der Waals surface area (Å²) in [5.74, 6) is 0.690. The lowest BCUT2D eigenvalue weighted by molar-refractivity contribution is 0.446. The summed E-state index contributed by atoms with van der Waals surface area (Å²) in [6.45, 7) is 6.89. The third-order valence-corrected chi connectivity index (χ3v) is 3.51. The van der Waals surface area contributed by atoms with Gasteiger partial charge in [-0.2, -0.15) is 0 Å². The Kier molecular flexibility index (Phi) is 4.99. The first-order valence-electron chi connectivity index (χ1n) is 7.14. The molecular formula is C13H24N4O. The normalized spacial score (nSPS) is 16.3. The molecule has 102 valence electrons. The first-order valence-corrected chi connectivity index (χ1v) is 7.14. The summed E-state index contributed by atoms with van der Waals surface area (Å²) in [6, 6.07) is 1.28. The zero-order chi connectivity index (χ0) is 12.8. The van der Waals surface area contributed by atoms with E-state index in [2.05, 4.69) is 34.3 Å². The fourth-order valence-electron chi connectivity index (χ4n) is 2.57. The van der Waals surface area contributed by atoms with Gasteiger partial charge in [-0.05, 0) is 32.7 Å². The molecule has 5 heteroatoms. The number of hydrogen-bond acceptors (Lipinski definition) is 5. The van der Waals surface area contributed by atoms with E-state index in [1.165, 1.54) is 25.7 Å². The molecule has 1 heterocycles. The van der Waals surface area contributed by atoms with Crippen molar-refractivity contribution < 1.29 is 4.42 Å². The summed E-state index contributed by atoms with van der Waals surface area (Å²) in [6.07, 6.45) is 6.25. The van der Waals surface area contributed by atoms with Crippen molar-refractivity contribution >= 4 is 6.01 Å². The Hall–Kier alpha value is -1.10. The van der Waals surface area contributed by atoms with Crippen molar-refractivity contribution in [2.45, 2.75) is 58.5 Å². The van der Waals surface area contributed by atoms with Gasteiger partial charge in [-0.3, -0.25) is 0 Å². The molecule has 0 atom stereocenters. The molecule has 0 radical (unpaired) electrons. The van der Waals surface area contributed by atoms with E-state index in [9.17, 15) is 0 Å². The molecule has 0 amide bonds. The molecule has 0 saturated heterocycles. The van der Waals surface area contributed by atoms with Crippen LogP contribution in [-0.2, 0) is 6.54 Å². The van der Waals surface area contributed by atoms with Crippen LogP contribution in [0, 0.1) is 0 Å². The summed E-state index contributed by atoms with van der Waals surface area (Å²) in [7, 11) is 0. The minimum atomic E-state index is 0.590. The highest BCUT2D eigenvalue weighted by Gasteiger charge is 2.25. The number of nitrogens with zero attached hydrogens (tertiary/aromatic N) is 3. The van der Waals surface area contributed by atoms with Crippen LogP contribution >= 0.6 is 0 Å². The highest BCUT2D eigenvalue weighted by Crippen LogP contribution is 2.27. The highest BCUT2D eigenvalue weighted by molar-refractivity contribution is 5.26. The van der Waals surface area contributed by atoms with E-state index >= 15 is 0 Å². The maximum atomic E-state index is 5.74. The van der Waals surface area contributed by atoms with Crippen LogP contribution in [0.3, 0.4) is 0 Å². The van der Waals surface area contributed by atoms with Gasteiger partial charge in [0, 0.05) is 12.6 Å². The average Bonchev–Trinajstić information content (AvgIpc) is 3.03. The van der Waals surface area contributed by atoms with Gasteiger partial charge in [-0.15, -0.1) is 5.10 Å². The lowest BCUT2D eigenvalue weighted by atomic mass is 10.2. The predicted molar refractivity (Wildman–Crippen MR) is 71.6 cm³/mol. The third-order valence-electron chi connectivity index (χ3n) is 3.51. The van der Waals surface area contributed by atoms with E-state index in [1.807, 2.05) is 0 Å². The van der Waals surface area contributed by atoms with E-state index in [1.54, 1.807) is 0 Å². The number of hydrogen-bond donors (Lipinski definition) is 1. The Morgan fingerprint density at radius 2 is 2.06 bits per heavy atom. The molecule has 0 unspecified atom stereocenters. The van der Waals surface area contributed by atoms with Gasteiger partial charge >= 0.3 is 6.01 Å². The van der Waals surface area contributed by atoms with E-state index in [4.69, 9.17) is 4.42 Å². The molecule has 0 bridgehead atoms. The van der Waals surface area contributed by atoms with Crippen LogP contribution in [0.1, 0.15) is 51.8 Å². The van der Waals surface area contributed by atoms with Gasteiger partial charge < -0.3 is 14.6 Å². The molecule has 2 rings (SSSR count). The summed E-state index contributed by atoms with van der Waals surface area (Å²) in [5, 5.41) is 11.6. The van der Waals surface area contributed by atoms with Gasteiger partial charge in [0.05, 0.1) is 6.54 Å². The minimum absolute atomic E-state index is 0.590. The van der Waals surface area contributed by atoms with E-state index in [0.29, 0.717) is 24.5 Å². The van der Waals surface area contributed by atoms with Gasteiger partial charge in [0.25, 0.3) is 0 Å². The molecule has 1 N–H and O–H groups in total. The summed E-state index contributed by atoms with van der Waals surface area (Å²) in [4.78, 5) is 2.25. The van der Waals surface area contributed by atoms with Crippen LogP contribution < -0.4 is 10.2 Å². The predicted octanol–water partition coefficient (Wildman–Crippen LogP) is 2.34. The quantitative estimate of drug-likeness (QED) is 0.755. The minimum Gasteiger partial charge on any atom is -0.407 e. The van der Waals surface area contributed by atoms with Crippen LogP contribution in [-0.4, -0.2) is 29.3 Å². The SMILES string of the molecule is CCCNCc1nnc(N(CC)C2CCCC2)o1. The van der Waals surface area contributed by atoms with Crippen molar-refractivity contribution in [3.05, 3.63) is 5.89 Å². The average molecular weight is 252 g/mol. The molecule has 5 nitrogen and oxygen atoms in total. The lowest BCUT2D eigenvalue weighted by Gasteiger charge is -2.24. The largest absolute Gasteiger partial charge is 0.407 e. The van der Waals surface area contributed by atoms with Crippen LogP contribution in [0.2, 0.25) is 0 Å². The van der Waals surface area contributed by atoms with Crippen molar-refractivity contribution in [1.29, 1.82) is 0 Å². The maximum absolute atomic E-state index is 5.74. The van der Waals surface area contributed by atoms with Crippen LogP contribution in [0.25, 0.3) is 0 Å². The first-order chi connectivity index (χ1) is 8.85. The van der Waals surface area contributed by atoms with E-state index < -0.39 is 0 Å². The van der Waals surface area contributed by atoms with Crippen molar-refractivity contribution in [2.75, 3.05) is 18.0 Å². The number of nitrogens with one attached hydrogen (secondary N) is 1. The smallest absolute Gasteiger partial charge is 0.318 e. The number of anilines is 1. The fourth-order valence-corrected chi connectivity index (χ4v) is 2.57. The third kappa shape index (κ3) is 3.22. The van der Waals surface area contributed by atoms with Crippen LogP contribution in [0.5, 0.6) is 0 Å². The molecule has 18 heavy (non-hydrogen) atoms. The molecule has 1 aromatic rings. The van der Waals surface area contributed by atoms with Crippen molar-refractivity contribution in [2.24, 2.45) is 0 Å². The van der Waals surface area contributed by atoms with E-state index in [-0.39, 0.29) is 0 Å². The zero-order valence-electron chi connectivity index (χ0n) is 11.5. The second kappa shape index (κ2) is 6.73. The molecule has 0 spiro atoms. The number of aromatic nitrogens is 2. The number of rotatable bonds is 7. The Morgan fingerprint density at radius 3 is 2.72 bits per heavy atom. The first kappa shape index (κ1) is 13.3. The van der Waals surface area contributed by atoms with Crippen LogP contribution in [0.4, 0.5) is 6.01 Å². The van der Waals surface area contributed by atoms with Crippen molar-refractivity contribution in [1.82, 2.24) is 15.5 Å². The van der Waals surface area contributed by atoms with Gasteiger partial charge in [-0.25, -0.2) is 0 Å². The summed E-state index contributed by atoms with van der Waals surface area (Å²) < 4.78 is 5.74. The molecule has 1 saturated carbocycles. The topological polar surface area (TPSA) is 54.2 Å². The molecule has 1 aliphatic rings. The van der Waals surface area contributed by atoms with Crippen molar-refractivity contribution in [3.8, 4) is 0 Å². The molecule has 1 aromatic heterocycles. The van der Waals surface area contributed by atoms with Gasteiger partial charge in [0.2, 0.25) is 5.89 Å². The van der Waals surface area contributed by atoms with Crippen LogP contribution in [0.15, 0.2) is 4.42 Å². The second-order valence-electron chi connectivity index (χ2n) is 4.88. The molecular weight excluding hydrogens is 228 g/mol. The summed E-state index contributed by atoms with van der Waals surface area (Å²) in [5.41, 5.74) is 0. The standard InChI is InChI=1S/C13H24N4O/c1-3-9-14-10-12-15-16-13(18-12)17(4-2)11-7-5-6-8-11/h11,14H,3-10H2,1-2H3. The second-order valence-corrected chi connectivity index (χ2v) is 4.88. The Labute approximate surface area is 109 Å². The summed E-state index contributed by atoms with van der Waals surface area (Å²) >= 11 is 0. The fraction of sp³-hybridized carbons (Fsp3) is 0.846. The maximum Gasteiger partial charge on any atom is 0.318 e. The van der Waals surface area contributed by atoms with Gasteiger partial charge in [-0.1, -0.05) is 24.9 Å². The van der Waals surface area contributed by atoms with Crippen molar-refractivity contribution in [3.63, 3.8) is 0 Å². The molecule has 0 aromatic carbocycles. The molecule has 0 aliphatic heterocycles. The van der Waals surface area contributed by atoms with Gasteiger partial charge in [0.15, 0.2) is 0 Å². The molecule has 1 aliphatic carbocycles. The monoisotopic (exact) mass is 252 g/mol. The zero-order valence-corrected chi connectivity index (χ0v) is 11.5. The Morgan fingerprint density at radius 1 is 1.28 bits per heavy atom. The van der Waals surface area contributed by atoms with Gasteiger partial charge in [0.1, 0.15) is 0 Å². The Bertz CT molecular complexity index is 347. The van der Waals surface area contributed by atoms with E-state index in [0.717, 1.165) is 19.5 Å². The Balaban J connectivity index is 1.94. The highest BCUT2D eigenvalue weighted by atomic mass is 16.4. The lowest BCUT2D eigenvalue weighted by Crippen LogP contribution is -2.33.